The summed E-state index contributed by atoms with van der Waals surface area (Å²) in [6.07, 6.45) is 9.62. The Labute approximate surface area is 312 Å². The Kier molecular flexibility index (Phi) is 8.26. The average Bonchev–Trinajstić information content (AvgIpc) is 3.79. The molecule has 53 heavy (non-hydrogen) atoms. The monoisotopic (exact) mass is 721 g/mol. The van der Waals surface area contributed by atoms with Crippen molar-refractivity contribution in [3.8, 4) is 11.4 Å². The molecule has 0 spiro atoms. The predicted octanol–water partition coefficient (Wildman–Crippen LogP) is 9.22. The van der Waals surface area contributed by atoms with E-state index in [0.717, 1.165) is 53.4 Å². The van der Waals surface area contributed by atoms with E-state index in [0.29, 0.717) is 28.4 Å². The van der Waals surface area contributed by atoms with Crippen LogP contribution in [0.3, 0.4) is 0 Å². The first-order valence-corrected chi connectivity index (χ1v) is 18.8. The highest BCUT2D eigenvalue weighted by Gasteiger charge is 2.48. The maximum absolute atomic E-state index is 12.7. The van der Waals surface area contributed by atoms with Crippen molar-refractivity contribution in [2.75, 3.05) is 5.32 Å². The van der Waals surface area contributed by atoms with E-state index < -0.39 is 17.4 Å². The fourth-order valence-electron chi connectivity index (χ4n) is 9.20. The topological polar surface area (TPSA) is 111 Å². The Hall–Kier alpha value is -5.54. The van der Waals surface area contributed by atoms with Gasteiger partial charge in [0.2, 0.25) is 0 Å². The summed E-state index contributed by atoms with van der Waals surface area (Å²) in [4.78, 5) is 33.1. The van der Waals surface area contributed by atoms with Crippen LogP contribution in [-0.4, -0.2) is 46.2 Å². The highest BCUT2D eigenvalue weighted by molar-refractivity contribution is 6.29. The number of halogens is 1. The molecule has 3 aliphatic carbocycles. The third-order valence-corrected chi connectivity index (χ3v) is 11.8. The van der Waals surface area contributed by atoms with Crippen LogP contribution in [0, 0.1) is 17.8 Å². The fourth-order valence-corrected chi connectivity index (χ4v) is 9.33. The molecule has 7 aromatic rings. The minimum atomic E-state index is -0.873. The Morgan fingerprint density at radius 1 is 0.811 bits per heavy atom. The van der Waals surface area contributed by atoms with Gasteiger partial charge in [-0.1, -0.05) is 103 Å². The van der Waals surface area contributed by atoms with Crippen molar-refractivity contribution < 1.29 is 9.90 Å². The lowest BCUT2D eigenvalue weighted by Gasteiger charge is -2.47. The smallest absolute Gasteiger partial charge is 0.308 e. The summed E-state index contributed by atoms with van der Waals surface area (Å²) < 4.78 is 4.32. The van der Waals surface area contributed by atoms with E-state index in [-0.39, 0.29) is 29.1 Å². The van der Waals surface area contributed by atoms with Gasteiger partial charge in [0.05, 0.1) is 23.1 Å². The number of carbonyl (C=O) groups is 1. The van der Waals surface area contributed by atoms with Crippen molar-refractivity contribution in [2.24, 2.45) is 17.8 Å². The summed E-state index contributed by atoms with van der Waals surface area (Å²) in [5, 5.41) is 15.3. The standard InChI is InChI=1S/C43H40ClN7O2/c1-26(2)50-23-22-32-38(47-36-28-20-18-27(19-21-28)35(36)42(52)53)48-39(49-40(32)50)33-25-51(41-37(33)46-34(44)24-45-41)43(29-12-6-3-7-13-29,30-14-8-4-9-15-30)31-16-10-5-11-17-31/h3-17,22-28,35-36H,18-21H2,1-2H3,(H,52,53)(H,47,48,49). The number of aliphatic carboxylic acids is 1. The number of rotatable bonds is 9. The predicted molar refractivity (Wildman–Crippen MR) is 208 cm³/mol. The van der Waals surface area contributed by atoms with Gasteiger partial charge in [-0.25, -0.2) is 19.9 Å². The normalized spacial score (nSPS) is 20.0. The molecular formula is C43H40ClN7O2. The molecule has 2 unspecified atom stereocenters. The van der Waals surface area contributed by atoms with E-state index in [1.165, 1.54) is 0 Å². The number of anilines is 1. The zero-order valence-corrected chi connectivity index (χ0v) is 30.4. The minimum absolute atomic E-state index is 0.123. The van der Waals surface area contributed by atoms with Crippen LogP contribution in [0.15, 0.2) is 116 Å². The van der Waals surface area contributed by atoms with E-state index in [4.69, 9.17) is 31.5 Å². The van der Waals surface area contributed by atoms with Crippen LogP contribution < -0.4 is 5.32 Å². The van der Waals surface area contributed by atoms with Gasteiger partial charge in [0.25, 0.3) is 0 Å². The zero-order chi connectivity index (χ0) is 36.3. The van der Waals surface area contributed by atoms with Gasteiger partial charge < -0.3 is 19.6 Å². The molecule has 4 aromatic heterocycles. The van der Waals surface area contributed by atoms with Crippen LogP contribution in [0.4, 0.5) is 5.82 Å². The number of nitrogens with zero attached hydrogens (tertiary/aromatic N) is 6. The molecule has 10 rings (SSSR count). The van der Waals surface area contributed by atoms with Crippen molar-refractivity contribution in [1.29, 1.82) is 0 Å². The van der Waals surface area contributed by atoms with Crippen LogP contribution in [-0.2, 0) is 10.3 Å². The number of carboxylic acid groups (broad SMARTS) is 1. The number of aromatic nitrogens is 6. The first-order valence-electron chi connectivity index (χ1n) is 18.4. The molecule has 3 aromatic carbocycles. The fraction of sp³-hybridized carbons (Fsp3) is 0.279. The molecule has 0 radical (unpaired) electrons. The van der Waals surface area contributed by atoms with Crippen LogP contribution in [0.5, 0.6) is 0 Å². The van der Waals surface area contributed by atoms with Gasteiger partial charge in [-0.15, -0.1) is 0 Å². The molecule has 3 saturated carbocycles. The molecule has 2 bridgehead atoms. The van der Waals surface area contributed by atoms with Gasteiger partial charge in [0.15, 0.2) is 11.5 Å². The van der Waals surface area contributed by atoms with Gasteiger partial charge in [-0.05, 0) is 74.1 Å². The van der Waals surface area contributed by atoms with Gasteiger partial charge in [0.1, 0.15) is 27.7 Å². The second-order valence-electron chi connectivity index (χ2n) is 14.7. The average molecular weight is 722 g/mol. The third kappa shape index (κ3) is 5.40. The van der Waals surface area contributed by atoms with E-state index in [9.17, 15) is 9.90 Å². The quantitative estimate of drug-likeness (QED) is 0.143. The lowest BCUT2D eigenvalue weighted by molar-refractivity contribution is -0.148. The summed E-state index contributed by atoms with van der Waals surface area (Å²) in [6, 6.07) is 33.2. The summed E-state index contributed by atoms with van der Waals surface area (Å²) in [5.41, 5.74) is 4.86. The molecule has 0 aliphatic heterocycles. The SMILES string of the molecule is CC(C)n1ccc2c(NC3C4CCC(CC4)C3C(=O)O)nc(-c3cn(C(c4ccccc4)(c4ccccc4)c4ccccc4)c4ncc(Cl)nc34)nc21. The molecule has 2 N–H and O–H groups in total. The number of nitrogens with one attached hydrogen (secondary N) is 1. The number of hydrogen-bond acceptors (Lipinski definition) is 6. The summed E-state index contributed by atoms with van der Waals surface area (Å²) in [7, 11) is 0. The molecule has 3 fully saturated rings. The van der Waals surface area contributed by atoms with Crippen LogP contribution in [0.25, 0.3) is 33.6 Å². The third-order valence-electron chi connectivity index (χ3n) is 11.6. The van der Waals surface area contributed by atoms with Crippen molar-refractivity contribution in [1.82, 2.24) is 29.1 Å². The Bertz CT molecular complexity index is 2340. The van der Waals surface area contributed by atoms with Crippen molar-refractivity contribution in [3.63, 3.8) is 0 Å². The highest BCUT2D eigenvalue weighted by Crippen LogP contribution is 2.48. The van der Waals surface area contributed by atoms with Crippen LogP contribution in [0.2, 0.25) is 5.15 Å². The first-order chi connectivity index (χ1) is 25.8. The molecule has 10 heteroatoms. The molecule has 0 amide bonds. The molecule has 2 atom stereocenters. The second-order valence-corrected chi connectivity index (χ2v) is 15.1. The molecule has 4 heterocycles. The van der Waals surface area contributed by atoms with E-state index in [1.54, 1.807) is 6.20 Å². The van der Waals surface area contributed by atoms with Crippen LogP contribution in [0.1, 0.15) is 62.3 Å². The lowest BCUT2D eigenvalue weighted by atomic mass is 9.61. The molecule has 266 valence electrons. The number of hydrogen-bond donors (Lipinski definition) is 2. The second kappa shape index (κ2) is 13.1. The molecule has 3 aliphatic rings. The van der Waals surface area contributed by atoms with Crippen LogP contribution >= 0.6 is 11.6 Å². The number of benzene rings is 3. The van der Waals surface area contributed by atoms with Gasteiger partial charge in [-0.2, -0.15) is 0 Å². The van der Waals surface area contributed by atoms with E-state index in [2.05, 4.69) is 107 Å². The first kappa shape index (κ1) is 33.3. The van der Waals surface area contributed by atoms with Gasteiger partial charge in [-0.3, -0.25) is 4.79 Å². The Morgan fingerprint density at radius 3 is 1.96 bits per heavy atom. The van der Waals surface area contributed by atoms with E-state index in [1.807, 2.05) is 30.5 Å². The lowest BCUT2D eigenvalue weighted by Crippen LogP contribution is -2.51. The zero-order valence-electron chi connectivity index (χ0n) is 29.6. The Balaban J connectivity index is 1.32. The summed E-state index contributed by atoms with van der Waals surface area (Å²) >= 11 is 6.64. The van der Waals surface area contributed by atoms with Crippen molar-refractivity contribution >= 4 is 45.6 Å². The number of fused-ring (bicyclic) bond motifs is 5. The largest absolute Gasteiger partial charge is 0.481 e. The van der Waals surface area contributed by atoms with Gasteiger partial charge in [0, 0.05) is 24.5 Å². The summed E-state index contributed by atoms with van der Waals surface area (Å²) in [6.45, 7) is 4.25. The Morgan fingerprint density at radius 2 is 1.40 bits per heavy atom. The van der Waals surface area contributed by atoms with Crippen molar-refractivity contribution in [2.45, 2.75) is 57.2 Å². The van der Waals surface area contributed by atoms with Crippen molar-refractivity contribution in [3.05, 3.63) is 137 Å². The maximum Gasteiger partial charge on any atom is 0.308 e. The highest BCUT2D eigenvalue weighted by atomic mass is 35.5. The molecule has 9 nitrogen and oxygen atoms in total. The minimum Gasteiger partial charge on any atom is -0.481 e. The molecule has 0 saturated heterocycles. The maximum atomic E-state index is 12.7. The molecular weight excluding hydrogens is 682 g/mol. The summed E-state index contributed by atoms with van der Waals surface area (Å²) in [5.74, 6) is 0.287. The van der Waals surface area contributed by atoms with Gasteiger partial charge >= 0.3 is 5.97 Å². The van der Waals surface area contributed by atoms with E-state index >= 15 is 0 Å². The number of carboxylic acids is 1.